The zero-order valence-electron chi connectivity index (χ0n) is 15.4. The van der Waals surface area contributed by atoms with Crippen molar-refractivity contribution in [3.63, 3.8) is 0 Å². The quantitative estimate of drug-likeness (QED) is 0.819. The molecule has 2 aliphatic heterocycles. The number of amides is 1. The molecule has 2 aliphatic rings. The van der Waals surface area contributed by atoms with Crippen molar-refractivity contribution >= 4 is 5.91 Å². The second kappa shape index (κ2) is 8.79. The number of rotatable bonds is 5. The van der Waals surface area contributed by atoms with Crippen molar-refractivity contribution in [1.29, 1.82) is 0 Å². The molecule has 3 rings (SSSR count). The molecule has 3 atom stereocenters. The summed E-state index contributed by atoms with van der Waals surface area (Å²) in [4.78, 5) is 17.5. The van der Waals surface area contributed by atoms with E-state index in [-0.39, 0.29) is 24.0 Å². The summed E-state index contributed by atoms with van der Waals surface area (Å²) >= 11 is 0. The highest BCUT2D eigenvalue weighted by Gasteiger charge is 2.34. The molecule has 0 N–H and O–H groups in total. The maximum Gasteiger partial charge on any atom is 0.227 e. The molecule has 3 unspecified atom stereocenters. The first kappa shape index (κ1) is 18.4. The summed E-state index contributed by atoms with van der Waals surface area (Å²) in [6, 6.07) is 10.5. The lowest BCUT2D eigenvalue weighted by atomic mass is 9.95. The smallest absolute Gasteiger partial charge is 0.227 e. The largest absolute Gasteiger partial charge is 0.382 e. The molecule has 25 heavy (non-hydrogen) atoms. The number of morpholine rings is 1. The van der Waals surface area contributed by atoms with Crippen LogP contribution < -0.4 is 0 Å². The molecule has 0 bridgehead atoms. The lowest BCUT2D eigenvalue weighted by molar-refractivity contribution is -0.153. The van der Waals surface area contributed by atoms with Gasteiger partial charge >= 0.3 is 0 Å². The Balaban J connectivity index is 1.57. The first-order valence-electron chi connectivity index (χ1n) is 9.35. The summed E-state index contributed by atoms with van der Waals surface area (Å²) in [5.41, 5.74) is 1.32. The van der Waals surface area contributed by atoms with E-state index in [1.165, 1.54) is 5.56 Å². The van der Waals surface area contributed by atoms with Gasteiger partial charge in [-0.15, -0.1) is 0 Å². The number of piperidine rings is 1. The van der Waals surface area contributed by atoms with Crippen molar-refractivity contribution in [3.8, 4) is 0 Å². The van der Waals surface area contributed by atoms with Crippen molar-refractivity contribution in [2.24, 2.45) is 5.92 Å². The zero-order chi connectivity index (χ0) is 17.6. The van der Waals surface area contributed by atoms with Crippen LogP contribution in [0.3, 0.4) is 0 Å². The number of hydrogen-bond acceptors (Lipinski definition) is 4. The Morgan fingerprint density at radius 1 is 1.24 bits per heavy atom. The van der Waals surface area contributed by atoms with Crippen molar-refractivity contribution < 1.29 is 14.3 Å². The van der Waals surface area contributed by atoms with Crippen LogP contribution in [0.15, 0.2) is 30.3 Å². The highest BCUT2D eigenvalue weighted by Crippen LogP contribution is 2.23. The third kappa shape index (κ3) is 5.03. The second-order valence-electron chi connectivity index (χ2n) is 7.33. The van der Waals surface area contributed by atoms with Gasteiger partial charge in [0.2, 0.25) is 5.91 Å². The average Bonchev–Trinajstić information content (AvgIpc) is 2.62. The minimum Gasteiger partial charge on any atom is -0.382 e. The van der Waals surface area contributed by atoms with Crippen LogP contribution in [0, 0.1) is 5.92 Å². The highest BCUT2D eigenvalue weighted by molar-refractivity contribution is 5.79. The summed E-state index contributed by atoms with van der Waals surface area (Å²) in [6.07, 6.45) is 2.14. The van der Waals surface area contributed by atoms with Gasteiger partial charge in [0.05, 0.1) is 24.7 Å². The first-order valence-corrected chi connectivity index (χ1v) is 9.35. The van der Waals surface area contributed by atoms with Crippen LogP contribution in [0.5, 0.6) is 0 Å². The van der Waals surface area contributed by atoms with E-state index >= 15 is 0 Å². The standard InChI is InChI=1S/C20H30N2O3/c1-16-11-22(14-19(25-16)15-24-2)20(23)18-9-6-10-21(13-18)12-17-7-4-3-5-8-17/h3-5,7-8,16,18-19H,6,9-15H2,1-2H3. The van der Waals surface area contributed by atoms with Gasteiger partial charge in [0.25, 0.3) is 0 Å². The van der Waals surface area contributed by atoms with Crippen molar-refractivity contribution in [2.75, 3.05) is 39.9 Å². The van der Waals surface area contributed by atoms with Crippen LogP contribution in [0.2, 0.25) is 0 Å². The molecule has 1 amide bonds. The SMILES string of the molecule is COCC1CN(C(=O)C2CCCN(Cc3ccccc3)C2)CC(C)O1. The molecule has 0 aromatic heterocycles. The number of carbonyl (C=O) groups excluding carboxylic acids is 1. The Kier molecular flexibility index (Phi) is 6.45. The summed E-state index contributed by atoms with van der Waals surface area (Å²) in [7, 11) is 1.68. The Morgan fingerprint density at radius 2 is 2.04 bits per heavy atom. The molecule has 0 saturated carbocycles. The van der Waals surface area contributed by atoms with E-state index in [1.54, 1.807) is 7.11 Å². The second-order valence-corrected chi connectivity index (χ2v) is 7.33. The third-order valence-electron chi connectivity index (χ3n) is 5.09. The fraction of sp³-hybridized carbons (Fsp3) is 0.650. The Morgan fingerprint density at radius 3 is 2.80 bits per heavy atom. The summed E-state index contributed by atoms with van der Waals surface area (Å²) in [5, 5.41) is 0. The molecule has 0 spiro atoms. The van der Waals surface area contributed by atoms with E-state index in [9.17, 15) is 4.79 Å². The molecule has 1 aromatic carbocycles. The van der Waals surface area contributed by atoms with E-state index < -0.39 is 0 Å². The number of hydrogen-bond donors (Lipinski definition) is 0. The van der Waals surface area contributed by atoms with E-state index in [0.717, 1.165) is 32.5 Å². The zero-order valence-corrected chi connectivity index (χ0v) is 15.4. The van der Waals surface area contributed by atoms with E-state index in [4.69, 9.17) is 9.47 Å². The molecular formula is C20H30N2O3. The van der Waals surface area contributed by atoms with Gasteiger partial charge in [-0.25, -0.2) is 0 Å². The topological polar surface area (TPSA) is 42.0 Å². The van der Waals surface area contributed by atoms with Gasteiger partial charge in [0.15, 0.2) is 0 Å². The van der Waals surface area contributed by atoms with Gasteiger partial charge in [-0.1, -0.05) is 30.3 Å². The third-order valence-corrected chi connectivity index (χ3v) is 5.09. The molecule has 138 valence electrons. The normalized spacial score (nSPS) is 28.1. The van der Waals surface area contributed by atoms with Gasteiger partial charge in [0, 0.05) is 33.3 Å². The van der Waals surface area contributed by atoms with Gasteiger partial charge in [0.1, 0.15) is 0 Å². The molecule has 0 aliphatic carbocycles. The summed E-state index contributed by atoms with van der Waals surface area (Å²) < 4.78 is 11.1. The number of carbonyl (C=O) groups is 1. The van der Waals surface area contributed by atoms with Crippen molar-refractivity contribution in [2.45, 2.75) is 38.5 Å². The van der Waals surface area contributed by atoms with Crippen LogP contribution in [0.1, 0.15) is 25.3 Å². The number of benzene rings is 1. The predicted octanol–water partition coefficient (Wildman–Crippen LogP) is 2.16. The molecule has 0 radical (unpaired) electrons. The number of methoxy groups -OCH3 is 1. The maximum atomic E-state index is 13.0. The minimum atomic E-state index is -0.0123. The number of likely N-dealkylation sites (tertiary alicyclic amines) is 1. The molecule has 5 heteroatoms. The Labute approximate surface area is 150 Å². The fourth-order valence-electron chi connectivity index (χ4n) is 4.00. The van der Waals surface area contributed by atoms with Gasteiger partial charge in [-0.3, -0.25) is 9.69 Å². The van der Waals surface area contributed by atoms with E-state index in [1.807, 2.05) is 17.9 Å². The van der Waals surface area contributed by atoms with Crippen LogP contribution >= 0.6 is 0 Å². The number of nitrogens with zero attached hydrogens (tertiary/aromatic N) is 2. The molecule has 2 fully saturated rings. The average molecular weight is 346 g/mol. The van der Waals surface area contributed by atoms with Crippen LogP contribution in [-0.2, 0) is 20.8 Å². The highest BCUT2D eigenvalue weighted by atomic mass is 16.5. The molecule has 2 heterocycles. The summed E-state index contributed by atoms with van der Waals surface area (Å²) in [5.74, 6) is 0.389. The lowest BCUT2D eigenvalue weighted by Gasteiger charge is -2.40. The van der Waals surface area contributed by atoms with E-state index in [0.29, 0.717) is 19.7 Å². The monoisotopic (exact) mass is 346 g/mol. The fourth-order valence-corrected chi connectivity index (χ4v) is 4.00. The predicted molar refractivity (Wildman–Crippen MR) is 97.2 cm³/mol. The molecular weight excluding hydrogens is 316 g/mol. The minimum absolute atomic E-state index is 0.0123. The first-order chi connectivity index (χ1) is 12.2. The van der Waals surface area contributed by atoms with Gasteiger partial charge in [-0.05, 0) is 31.9 Å². The van der Waals surface area contributed by atoms with Gasteiger partial charge in [-0.2, -0.15) is 0 Å². The summed E-state index contributed by atoms with van der Waals surface area (Å²) in [6.45, 7) is 6.76. The van der Waals surface area contributed by atoms with E-state index in [2.05, 4.69) is 29.2 Å². The maximum absolute atomic E-state index is 13.0. The number of ether oxygens (including phenoxy) is 2. The van der Waals surface area contributed by atoms with Crippen LogP contribution in [0.4, 0.5) is 0 Å². The van der Waals surface area contributed by atoms with Gasteiger partial charge < -0.3 is 14.4 Å². The Hall–Kier alpha value is -1.43. The Bertz CT molecular complexity index is 551. The van der Waals surface area contributed by atoms with Crippen LogP contribution in [0.25, 0.3) is 0 Å². The van der Waals surface area contributed by atoms with Crippen molar-refractivity contribution in [3.05, 3.63) is 35.9 Å². The van der Waals surface area contributed by atoms with Crippen LogP contribution in [-0.4, -0.2) is 67.8 Å². The lowest BCUT2D eigenvalue weighted by Crippen LogP contribution is -2.53. The molecule has 5 nitrogen and oxygen atoms in total. The van der Waals surface area contributed by atoms with Crippen molar-refractivity contribution in [1.82, 2.24) is 9.80 Å². The molecule has 1 aromatic rings. The molecule has 2 saturated heterocycles.